The van der Waals surface area contributed by atoms with Crippen LogP contribution in [0.15, 0.2) is 42.5 Å². The highest BCUT2D eigenvalue weighted by Crippen LogP contribution is 2.21. The molecule has 3 rings (SSSR count). The summed E-state index contributed by atoms with van der Waals surface area (Å²) in [5.41, 5.74) is 2.38. The van der Waals surface area contributed by atoms with Gasteiger partial charge in [-0.05, 0) is 54.7 Å². The SMILES string of the molecule is O=C(Cc1ccc(Cl)cc1Cl)NCc1ccc(C(=O)N2CCCCC2)cc1. The Hall–Kier alpha value is -2.04. The van der Waals surface area contributed by atoms with Crippen LogP contribution >= 0.6 is 23.2 Å². The minimum Gasteiger partial charge on any atom is -0.352 e. The van der Waals surface area contributed by atoms with Crippen molar-refractivity contribution < 1.29 is 9.59 Å². The van der Waals surface area contributed by atoms with Crippen molar-refractivity contribution in [1.82, 2.24) is 10.2 Å². The Morgan fingerprint density at radius 2 is 1.67 bits per heavy atom. The summed E-state index contributed by atoms with van der Waals surface area (Å²) in [6.45, 7) is 2.08. The normalized spacial score (nSPS) is 14.1. The van der Waals surface area contributed by atoms with Crippen molar-refractivity contribution in [2.24, 2.45) is 0 Å². The zero-order valence-electron chi connectivity index (χ0n) is 15.0. The van der Waals surface area contributed by atoms with E-state index < -0.39 is 0 Å². The van der Waals surface area contributed by atoms with Gasteiger partial charge in [0.15, 0.2) is 0 Å². The monoisotopic (exact) mass is 404 g/mol. The van der Waals surface area contributed by atoms with Gasteiger partial charge in [0.05, 0.1) is 6.42 Å². The van der Waals surface area contributed by atoms with E-state index in [4.69, 9.17) is 23.2 Å². The number of nitrogens with zero attached hydrogens (tertiary/aromatic N) is 1. The second-order valence-electron chi connectivity index (χ2n) is 6.74. The Labute approximate surface area is 169 Å². The lowest BCUT2D eigenvalue weighted by atomic mass is 10.1. The third-order valence-electron chi connectivity index (χ3n) is 4.70. The van der Waals surface area contributed by atoms with E-state index in [0.29, 0.717) is 22.2 Å². The fourth-order valence-electron chi connectivity index (χ4n) is 3.15. The topological polar surface area (TPSA) is 49.4 Å². The Bertz CT molecular complexity index is 815. The first kappa shape index (κ1) is 19.7. The maximum atomic E-state index is 12.5. The van der Waals surface area contributed by atoms with Gasteiger partial charge in [-0.1, -0.05) is 41.4 Å². The molecule has 0 spiro atoms. The van der Waals surface area contributed by atoms with Gasteiger partial charge in [0.25, 0.3) is 5.91 Å². The van der Waals surface area contributed by atoms with Crippen LogP contribution in [0.2, 0.25) is 10.0 Å². The quantitative estimate of drug-likeness (QED) is 0.798. The molecular weight excluding hydrogens is 383 g/mol. The van der Waals surface area contributed by atoms with E-state index in [0.717, 1.165) is 37.1 Å². The number of hydrogen-bond acceptors (Lipinski definition) is 2. The molecule has 0 aliphatic carbocycles. The number of carbonyl (C=O) groups is 2. The van der Waals surface area contributed by atoms with Gasteiger partial charge >= 0.3 is 0 Å². The maximum absolute atomic E-state index is 12.5. The molecule has 2 amide bonds. The maximum Gasteiger partial charge on any atom is 0.253 e. The molecule has 1 N–H and O–H groups in total. The molecule has 4 nitrogen and oxygen atoms in total. The molecule has 0 saturated carbocycles. The summed E-state index contributed by atoms with van der Waals surface area (Å²) in [7, 11) is 0. The van der Waals surface area contributed by atoms with Gasteiger partial charge in [-0.25, -0.2) is 0 Å². The second kappa shape index (κ2) is 9.25. The summed E-state index contributed by atoms with van der Waals surface area (Å²) in [5.74, 6) is -0.0321. The summed E-state index contributed by atoms with van der Waals surface area (Å²) in [4.78, 5) is 26.5. The molecule has 0 aromatic heterocycles. The van der Waals surface area contributed by atoms with Crippen molar-refractivity contribution in [3.63, 3.8) is 0 Å². The number of benzene rings is 2. The number of likely N-dealkylation sites (tertiary alicyclic amines) is 1. The molecule has 1 aliphatic rings. The number of halogens is 2. The van der Waals surface area contributed by atoms with E-state index >= 15 is 0 Å². The standard InChI is InChI=1S/C21H22Cl2N2O2/c22-18-9-8-17(19(23)13-18)12-20(26)24-14-15-4-6-16(7-5-15)21(27)25-10-2-1-3-11-25/h4-9,13H,1-3,10-12,14H2,(H,24,26). The fourth-order valence-corrected chi connectivity index (χ4v) is 3.62. The van der Waals surface area contributed by atoms with E-state index in [1.54, 1.807) is 18.2 Å². The molecule has 0 radical (unpaired) electrons. The van der Waals surface area contributed by atoms with Crippen molar-refractivity contribution >= 4 is 35.0 Å². The van der Waals surface area contributed by atoms with Gasteiger partial charge in [-0.3, -0.25) is 9.59 Å². The first-order valence-corrected chi connectivity index (χ1v) is 9.87. The highest BCUT2D eigenvalue weighted by molar-refractivity contribution is 6.35. The van der Waals surface area contributed by atoms with Gasteiger partial charge in [-0.15, -0.1) is 0 Å². The highest BCUT2D eigenvalue weighted by atomic mass is 35.5. The average molecular weight is 405 g/mol. The molecule has 0 bridgehead atoms. The minimum absolute atomic E-state index is 0.0858. The molecule has 1 heterocycles. The molecule has 142 valence electrons. The lowest BCUT2D eigenvalue weighted by Gasteiger charge is -2.26. The molecule has 0 unspecified atom stereocenters. The lowest BCUT2D eigenvalue weighted by Crippen LogP contribution is -2.35. The molecule has 2 aromatic rings. The van der Waals surface area contributed by atoms with Gasteiger partial charge in [-0.2, -0.15) is 0 Å². The van der Waals surface area contributed by atoms with Gasteiger partial charge < -0.3 is 10.2 Å². The van der Waals surface area contributed by atoms with Crippen molar-refractivity contribution in [3.8, 4) is 0 Å². The molecule has 27 heavy (non-hydrogen) atoms. The van der Waals surface area contributed by atoms with Gasteiger partial charge in [0.1, 0.15) is 0 Å². The summed E-state index contributed by atoms with van der Waals surface area (Å²) in [5, 5.41) is 3.90. The number of nitrogens with one attached hydrogen (secondary N) is 1. The van der Waals surface area contributed by atoms with Crippen LogP contribution in [0.5, 0.6) is 0 Å². The second-order valence-corrected chi connectivity index (χ2v) is 7.58. The molecule has 1 saturated heterocycles. The third kappa shape index (κ3) is 5.47. The Morgan fingerprint density at radius 3 is 2.33 bits per heavy atom. The third-order valence-corrected chi connectivity index (χ3v) is 5.29. The smallest absolute Gasteiger partial charge is 0.253 e. The van der Waals surface area contributed by atoms with Crippen LogP contribution in [-0.2, 0) is 17.8 Å². The van der Waals surface area contributed by atoms with Crippen LogP contribution in [0.25, 0.3) is 0 Å². The number of carbonyl (C=O) groups excluding carboxylic acids is 2. The van der Waals surface area contributed by atoms with Crippen LogP contribution < -0.4 is 5.32 Å². The summed E-state index contributed by atoms with van der Waals surface area (Å²) < 4.78 is 0. The molecule has 6 heteroatoms. The Kier molecular flexibility index (Phi) is 6.75. The largest absolute Gasteiger partial charge is 0.352 e. The first-order chi connectivity index (χ1) is 13.0. The van der Waals surface area contributed by atoms with Crippen LogP contribution in [0.1, 0.15) is 40.7 Å². The predicted molar refractivity (Wildman–Crippen MR) is 108 cm³/mol. The van der Waals surface area contributed by atoms with E-state index in [1.807, 2.05) is 29.2 Å². The summed E-state index contributed by atoms with van der Waals surface area (Å²) >= 11 is 12.0. The van der Waals surface area contributed by atoms with Crippen molar-refractivity contribution in [2.75, 3.05) is 13.1 Å². The van der Waals surface area contributed by atoms with Crippen LogP contribution in [0.3, 0.4) is 0 Å². The molecular formula is C21H22Cl2N2O2. The van der Waals surface area contributed by atoms with Crippen LogP contribution in [-0.4, -0.2) is 29.8 Å². The number of hydrogen-bond donors (Lipinski definition) is 1. The van der Waals surface area contributed by atoms with Gasteiger partial charge in [0.2, 0.25) is 5.91 Å². The Morgan fingerprint density at radius 1 is 0.963 bits per heavy atom. The van der Waals surface area contributed by atoms with Crippen LogP contribution in [0, 0.1) is 0 Å². The zero-order valence-corrected chi connectivity index (χ0v) is 16.5. The van der Waals surface area contributed by atoms with E-state index in [1.165, 1.54) is 6.42 Å². The first-order valence-electron chi connectivity index (χ1n) is 9.12. The van der Waals surface area contributed by atoms with E-state index in [9.17, 15) is 9.59 Å². The molecule has 0 atom stereocenters. The Balaban J connectivity index is 1.52. The summed E-state index contributed by atoms with van der Waals surface area (Å²) in [6.07, 6.45) is 3.55. The fraction of sp³-hybridized carbons (Fsp3) is 0.333. The van der Waals surface area contributed by atoms with Gasteiger partial charge in [0, 0.05) is 35.2 Å². The van der Waals surface area contributed by atoms with E-state index in [2.05, 4.69) is 5.32 Å². The van der Waals surface area contributed by atoms with Crippen molar-refractivity contribution in [2.45, 2.75) is 32.2 Å². The number of rotatable bonds is 5. The van der Waals surface area contributed by atoms with Crippen LogP contribution in [0.4, 0.5) is 0 Å². The highest BCUT2D eigenvalue weighted by Gasteiger charge is 2.17. The molecule has 2 aromatic carbocycles. The number of amides is 2. The molecule has 1 aliphatic heterocycles. The number of piperidine rings is 1. The lowest BCUT2D eigenvalue weighted by molar-refractivity contribution is -0.120. The summed E-state index contributed by atoms with van der Waals surface area (Å²) in [6, 6.07) is 12.5. The average Bonchev–Trinajstić information content (AvgIpc) is 2.69. The van der Waals surface area contributed by atoms with Crippen molar-refractivity contribution in [3.05, 3.63) is 69.2 Å². The minimum atomic E-state index is -0.118. The van der Waals surface area contributed by atoms with E-state index in [-0.39, 0.29) is 18.2 Å². The predicted octanol–water partition coefficient (Wildman–Crippen LogP) is 4.48. The van der Waals surface area contributed by atoms with Crippen molar-refractivity contribution in [1.29, 1.82) is 0 Å². The molecule has 1 fully saturated rings. The zero-order chi connectivity index (χ0) is 19.2.